The van der Waals surface area contributed by atoms with Crippen molar-refractivity contribution in [2.24, 2.45) is 0 Å². The van der Waals surface area contributed by atoms with Gasteiger partial charge in [0.1, 0.15) is 6.10 Å². The number of carbonyl (C=O) groups excluding carboxylic acids is 2. The van der Waals surface area contributed by atoms with Gasteiger partial charge in [0.15, 0.2) is 0 Å². The lowest BCUT2D eigenvalue weighted by Gasteiger charge is -2.44. The van der Waals surface area contributed by atoms with Crippen LogP contribution in [0.4, 0.5) is 0 Å². The molecule has 2 amide bonds. The van der Waals surface area contributed by atoms with Crippen LogP contribution in [0.25, 0.3) is 0 Å². The van der Waals surface area contributed by atoms with Crippen LogP contribution in [0.15, 0.2) is 54.9 Å². The number of β-amino-alcohol motifs (C(OH)–C–C–N with tert-alkyl or cyclic N) is 1. The molecule has 8 heteroatoms. The minimum atomic E-state index is -0.766. The van der Waals surface area contributed by atoms with E-state index in [4.69, 9.17) is 9.47 Å². The first-order valence-corrected chi connectivity index (χ1v) is 11.0. The molecule has 2 aliphatic heterocycles. The number of amides is 2. The summed E-state index contributed by atoms with van der Waals surface area (Å²) < 4.78 is 11.8. The number of aliphatic hydroxyl groups excluding tert-OH is 1. The fourth-order valence-electron chi connectivity index (χ4n) is 4.30. The predicted molar refractivity (Wildman–Crippen MR) is 117 cm³/mol. The topological polar surface area (TPSA) is 101 Å². The monoisotopic (exact) mass is 439 g/mol. The number of fused-ring (bicyclic) bond motifs is 1. The number of carbonyl (C=O) groups is 2. The lowest BCUT2D eigenvalue weighted by Crippen LogP contribution is -2.57. The molecular weight excluding hydrogens is 410 g/mol. The van der Waals surface area contributed by atoms with Gasteiger partial charge >= 0.3 is 0 Å². The fraction of sp³-hybridized carbons (Fsp3) is 0.458. The van der Waals surface area contributed by atoms with Crippen molar-refractivity contribution in [1.29, 1.82) is 0 Å². The minimum absolute atomic E-state index is 0.0669. The van der Waals surface area contributed by atoms with Crippen LogP contribution < -0.4 is 5.32 Å². The van der Waals surface area contributed by atoms with Crippen molar-refractivity contribution in [3.8, 4) is 0 Å². The van der Waals surface area contributed by atoms with Gasteiger partial charge < -0.3 is 24.8 Å². The molecule has 2 fully saturated rings. The largest absolute Gasteiger partial charge is 0.389 e. The maximum absolute atomic E-state index is 13.2. The Morgan fingerprint density at radius 3 is 2.75 bits per heavy atom. The number of rotatable bonds is 5. The molecule has 2 N–H and O–H groups in total. The highest BCUT2D eigenvalue weighted by Gasteiger charge is 2.40. The Bertz CT molecular complexity index is 895. The van der Waals surface area contributed by atoms with E-state index >= 15 is 0 Å². The zero-order valence-electron chi connectivity index (χ0n) is 17.9. The van der Waals surface area contributed by atoms with Crippen molar-refractivity contribution >= 4 is 11.8 Å². The van der Waals surface area contributed by atoms with Gasteiger partial charge in [-0.1, -0.05) is 30.3 Å². The van der Waals surface area contributed by atoms with Crippen LogP contribution >= 0.6 is 0 Å². The minimum Gasteiger partial charge on any atom is -0.389 e. The first kappa shape index (κ1) is 22.4. The molecule has 32 heavy (non-hydrogen) atoms. The van der Waals surface area contributed by atoms with E-state index in [9.17, 15) is 14.7 Å². The maximum Gasteiger partial charge on any atom is 0.255 e. The van der Waals surface area contributed by atoms with E-state index in [0.717, 1.165) is 5.56 Å². The molecule has 4 rings (SSSR count). The molecule has 1 aromatic carbocycles. The molecule has 0 unspecified atom stereocenters. The average Bonchev–Trinajstić information content (AvgIpc) is 2.81. The molecule has 170 valence electrons. The molecule has 1 aromatic heterocycles. The van der Waals surface area contributed by atoms with Crippen LogP contribution in [0.1, 0.15) is 35.2 Å². The Balaban J connectivity index is 1.38. The molecule has 3 heterocycles. The van der Waals surface area contributed by atoms with Crippen LogP contribution in [-0.4, -0.2) is 70.9 Å². The molecule has 8 nitrogen and oxygen atoms in total. The number of ether oxygens (including phenoxy) is 2. The van der Waals surface area contributed by atoms with Crippen LogP contribution in [0.5, 0.6) is 0 Å². The summed E-state index contributed by atoms with van der Waals surface area (Å²) in [6.07, 6.45) is 3.36. The Kier molecular flexibility index (Phi) is 7.47. The van der Waals surface area contributed by atoms with Gasteiger partial charge in [0.05, 0.1) is 43.4 Å². The summed E-state index contributed by atoms with van der Waals surface area (Å²) >= 11 is 0. The molecule has 0 saturated carbocycles. The number of benzene rings is 1. The lowest BCUT2D eigenvalue weighted by atomic mass is 9.94. The molecule has 2 saturated heterocycles. The third-order valence-corrected chi connectivity index (χ3v) is 5.90. The average molecular weight is 440 g/mol. The summed E-state index contributed by atoms with van der Waals surface area (Å²) in [7, 11) is 0. The number of hydrogen-bond donors (Lipinski definition) is 2. The van der Waals surface area contributed by atoms with Crippen LogP contribution in [0.2, 0.25) is 0 Å². The van der Waals surface area contributed by atoms with Gasteiger partial charge in [0.25, 0.3) is 5.91 Å². The summed E-state index contributed by atoms with van der Waals surface area (Å²) in [6.45, 7) is 1.04. The second-order valence-electron chi connectivity index (χ2n) is 8.30. The van der Waals surface area contributed by atoms with E-state index in [1.54, 1.807) is 23.2 Å². The highest BCUT2D eigenvalue weighted by atomic mass is 16.5. The lowest BCUT2D eigenvalue weighted by molar-refractivity contribution is -0.151. The second-order valence-corrected chi connectivity index (χ2v) is 8.30. The number of pyridine rings is 1. The van der Waals surface area contributed by atoms with Gasteiger partial charge in [-0.05, 0) is 30.5 Å². The smallest absolute Gasteiger partial charge is 0.255 e. The highest BCUT2D eigenvalue weighted by Crippen LogP contribution is 2.28. The number of nitrogens with one attached hydrogen (secondary N) is 1. The first-order chi connectivity index (χ1) is 15.6. The van der Waals surface area contributed by atoms with Crippen molar-refractivity contribution in [3.63, 3.8) is 0 Å². The van der Waals surface area contributed by atoms with Gasteiger partial charge in [0, 0.05) is 25.5 Å². The molecule has 0 bridgehead atoms. The van der Waals surface area contributed by atoms with Crippen LogP contribution in [0.3, 0.4) is 0 Å². The summed E-state index contributed by atoms with van der Waals surface area (Å²) in [5.74, 6) is -0.250. The van der Waals surface area contributed by atoms with E-state index < -0.39 is 6.10 Å². The molecule has 0 spiro atoms. The summed E-state index contributed by atoms with van der Waals surface area (Å²) in [5.41, 5.74) is 1.52. The van der Waals surface area contributed by atoms with Crippen LogP contribution in [0, 0.1) is 0 Å². The second kappa shape index (κ2) is 10.7. The van der Waals surface area contributed by atoms with E-state index in [-0.39, 0.29) is 56.2 Å². The van der Waals surface area contributed by atoms with E-state index in [1.165, 1.54) is 6.20 Å². The zero-order chi connectivity index (χ0) is 22.3. The van der Waals surface area contributed by atoms with Gasteiger partial charge in [-0.2, -0.15) is 0 Å². The Morgan fingerprint density at radius 2 is 1.97 bits per heavy atom. The molecule has 0 radical (unpaired) electrons. The summed E-state index contributed by atoms with van der Waals surface area (Å²) in [6, 6.07) is 13.0. The fourth-order valence-corrected chi connectivity index (χ4v) is 4.30. The third-order valence-electron chi connectivity index (χ3n) is 5.90. The quantitative estimate of drug-likeness (QED) is 0.733. The molecule has 2 aromatic rings. The Morgan fingerprint density at radius 1 is 1.12 bits per heavy atom. The van der Waals surface area contributed by atoms with Gasteiger partial charge in [0.2, 0.25) is 5.91 Å². The number of hydrogen-bond acceptors (Lipinski definition) is 6. The van der Waals surface area contributed by atoms with Crippen molar-refractivity contribution in [1.82, 2.24) is 15.2 Å². The number of aromatic nitrogens is 1. The van der Waals surface area contributed by atoms with E-state index in [2.05, 4.69) is 10.3 Å². The number of nitrogens with zero attached hydrogens (tertiary/aromatic N) is 2. The van der Waals surface area contributed by atoms with Gasteiger partial charge in [-0.15, -0.1) is 0 Å². The predicted octanol–water partition coefficient (Wildman–Crippen LogP) is 1.54. The summed E-state index contributed by atoms with van der Waals surface area (Å²) in [4.78, 5) is 31.3. The molecule has 2 aliphatic rings. The molecule has 0 aliphatic carbocycles. The van der Waals surface area contributed by atoms with Gasteiger partial charge in [-0.25, -0.2) is 0 Å². The van der Waals surface area contributed by atoms with Gasteiger partial charge in [-0.3, -0.25) is 14.6 Å². The van der Waals surface area contributed by atoms with Crippen LogP contribution in [-0.2, 0) is 20.8 Å². The standard InChI is InChI=1S/C24H29N3O5/c28-19-14-27(24(30)18-7-4-10-25-13-18)21-9-8-20(32-22(21)16-31-15-19)11-23(29)26-12-17-5-2-1-3-6-17/h1-7,10,13,19-22,28H,8-9,11-12,14-16H2,(H,26,29)/t19-,20-,21-,22+/m1/s1. The Labute approximate surface area is 187 Å². The van der Waals surface area contributed by atoms with E-state index in [1.807, 2.05) is 30.3 Å². The maximum atomic E-state index is 13.2. The normalized spacial score (nSPS) is 25.8. The molecule has 4 atom stereocenters. The van der Waals surface area contributed by atoms with Crippen molar-refractivity contribution in [3.05, 3.63) is 66.0 Å². The van der Waals surface area contributed by atoms with E-state index in [0.29, 0.717) is 24.9 Å². The molecular formula is C24H29N3O5. The summed E-state index contributed by atoms with van der Waals surface area (Å²) in [5, 5.41) is 13.2. The Hall–Kier alpha value is -2.81. The van der Waals surface area contributed by atoms with Crippen molar-refractivity contribution < 1.29 is 24.2 Å². The van der Waals surface area contributed by atoms with Crippen molar-refractivity contribution in [2.75, 3.05) is 19.8 Å². The zero-order valence-corrected chi connectivity index (χ0v) is 17.9. The highest BCUT2D eigenvalue weighted by molar-refractivity contribution is 5.94. The van der Waals surface area contributed by atoms with Crippen molar-refractivity contribution in [2.45, 2.75) is 50.2 Å². The third kappa shape index (κ3) is 5.70. The first-order valence-electron chi connectivity index (χ1n) is 11.0. The SMILES string of the molecule is O=C(C[C@H]1CC[C@@H]2[C@H](COC[C@H](O)CN2C(=O)c2cccnc2)O1)NCc1ccccc1. The number of aliphatic hydroxyl groups is 1.